The van der Waals surface area contributed by atoms with Gasteiger partial charge in [-0.15, -0.1) is 10.2 Å². The van der Waals surface area contributed by atoms with Crippen molar-refractivity contribution >= 4 is 17.8 Å². The van der Waals surface area contributed by atoms with E-state index in [9.17, 15) is 4.79 Å². The highest BCUT2D eigenvalue weighted by Crippen LogP contribution is 2.10. The average molecular weight is 291 g/mol. The first-order valence-corrected chi connectivity index (χ1v) is 7.41. The summed E-state index contributed by atoms with van der Waals surface area (Å²) in [4.78, 5) is 11.7. The lowest BCUT2D eigenvalue weighted by Crippen LogP contribution is -2.35. The summed E-state index contributed by atoms with van der Waals surface area (Å²) >= 11 is 1.52. The molecule has 0 atom stereocenters. The van der Waals surface area contributed by atoms with Gasteiger partial charge >= 0.3 is 6.03 Å². The van der Waals surface area contributed by atoms with Crippen LogP contribution in [0.3, 0.4) is 0 Å². The van der Waals surface area contributed by atoms with Gasteiger partial charge in [-0.05, 0) is 11.8 Å². The summed E-state index contributed by atoms with van der Waals surface area (Å²) in [5.41, 5.74) is 1.06. The smallest absolute Gasteiger partial charge is 0.315 e. The van der Waals surface area contributed by atoms with Gasteiger partial charge in [-0.3, -0.25) is 0 Å². The predicted octanol–water partition coefficient (Wildman–Crippen LogP) is 1.54. The molecule has 1 heterocycles. The zero-order valence-electron chi connectivity index (χ0n) is 11.5. The number of benzene rings is 1. The number of hydrogen-bond donors (Lipinski definition) is 2. The van der Waals surface area contributed by atoms with Gasteiger partial charge in [0.15, 0.2) is 11.0 Å². The minimum atomic E-state index is -0.220. The zero-order valence-corrected chi connectivity index (χ0v) is 12.3. The molecule has 106 valence electrons. The Hall–Kier alpha value is -2.02. The molecular formula is C13H17N5OS. The fraction of sp³-hybridized carbons (Fsp3) is 0.308. The van der Waals surface area contributed by atoms with Crippen LogP contribution in [0.15, 0.2) is 35.5 Å². The first-order valence-electron chi connectivity index (χ1n) is 6.18. The van der Waals surface area contributed by atoms with Crippen LogP contribution in [-0.2, 0) is 20.1 Å². The third-order valence-electron chi connectivity index (χ3n) is 2.81. The summed E-state index contributed by atoms with van der Waals surface area (Å²) in [6.07, 6.45) is 1.94. The summed E-state index contributed by atoms with van der Waals surface area (Å²) in [6, 6.07) is 9.54. The Labute approximate surface area is 122 Å². The Morgan fingerprint density at radius 1 is 1.20 bits per heavy atom. The third kappa shape index (κ3) is 3.74. The van der Waals surface area contributed by atoms with Gasteiger partial charge in [0.05, 0.1) is 6.54 Å². The lowest BCUT2D eigenvalue weighted by molar-refractivity contribution is 0.239. The second kappa shape index (κ2) is 6.95. The Bertz CT molecular complexity index is 569. The first kappa shape index (κ1) is 14.4. The van der Waals surface area contributed by atoms with E-state index in [4.69, 9.17) is 0 Å². The molecule has 2 rings (SSSR count). The van der Waals surface area contributed by atoms with Crippen molar-refractivity contribution in [3.63, 3.8) is 0 Å². The molecule has 0 bridgehead atoms. The molecule has 0 saturated carbocycles. The van der Waals surface area contributed by atoms with Crippen LogP contribution in [-0.4, -0.2) is 27.1 Å². The minimum absolute atomic E-state index is 0.220. The maximum Gasteiger partial charge on any atom is 0.315 e. The van der Waals surface area contributed by atoms with E-state index in [1.54, 1.807) is 0 Å². The Morgan fingerprint density at radius 2 is 1.90 bits per heavy atom. The third-order valence-corrected chi connectivity index (χ3v) is 3.53. The van der Waals surface area contributed by atoms with Gasteiger partial charge in [-0.25, -0.2) is 4.79 Å². The predicted molar refractivity (Wildman–Crippen MR) is 78.3 cm³/mol. The maximum absolute atomic E-state index is 11.7. The fourth-order valence-corrected chi connectivity index (χ4v) is 2.18. The first-order chi connectivity index (χ1) is 9.70. The van der Waals surface area contributed by atoms with E-state index in [1.165, 1.54) is 11.8 Å². The van der Waals surface area contributed by atoms with Crippen LogP contribution in [0.25, 0.3) is 0 Å². The summed E-state index contributed by atoms with van der Waals surface area (Å²) in [5.74, 6) is 0.726. The molecular weight excluding hydrogens is 274 g/mol. The van der Waals surface area contributed by atoms with Crippen LogP contribution < -0.4 is 10.6 Å². The van der Waals surface area contributed by atoms with E-state index in [2.05, 4.69) is 20.8 Å². The summed E-state index contributed by atoms with van der Waals surface area (Å²) in [5, 5.41) is 14.4. The van der Waals surface area contributed by atoms with Crippen molar-refractivity contribution in [2.24, 2.45) is 7.05 Å². The summed E-state index contributed by atoms with van der Waals surface area (Å²) in [7, 11) is 1.88. The van der Waals surface area contributed by atoms with Crippen LogP contribution in [0.4, 0.5) is 4.79 Å². The highest BCUT2D eigenvalue weighted by atomic mass is 32.2. The lowest BCUT2D eigenvalue weighted by Gasteiger charge is -2.07. The molecule has 6 nitrogen and oxygen atoms in total. The number of carbonyl (C=O) groups excluding carboxylic acids is 1. The Balaban J connectivity index is 1.79. The highest BCUT2D eigenvalue weighted by Gasteiger charge is 2.08. The van der Waals surface area contributed by atoms with Gasteiger partial charge in [-0.2, -0.15) is 0 Å². The Morgan fingerprint density at radius 3 is 2.55 bits per heavy atom. The molecule has 2 N–H and O–H groups in total. The number of rotatable bonds is 5. The second-order valence-electron chi connectivity index (χ2n) is 4.18. The molecule has 20 heavy (non-hydrogen) atoms. The van der Waals surface area contributed by atoms with Crippen LogP contribution in [0.1, 0.15) is 11.4 Å². The van der Waals surface area contributed by atoms with E-state index in [-0.39, 0.29) is 6.03 Å². The second-order valence-corrected chi connectivity index (χ2v) is 4.96. The number of amides is 2. The molecule has 0 aliphatic rings. The average Bonchev–Trinajstić information content (AvgIpc) is 2.84. The molecule has 7 heteroatoms. The van der Waals surface area contributed by atoms with E-state index >= 15 is 0 Å². The summed E-state index contributed by atoms with van der Waals surface area (Å²) in [6.45, 7) is 0.853. The van der Waals surface area contributed by atoms with Crippen molar-refractivity contribution in [3.8, 4) is 0 Å². The molecule has 0 spiro atoms. The monoisotopic (exact) mass is 291 g/mol. The van der Waals surface area contributed by atoms with Crippen molar-refractivity contribution < 1.29 is 4.79 Å². The molecule has 0 saturated heterocycles. The lowest BCUT2D eigenvalue weighted by atomic mass is 10.2. The SMILES string of the molecule is CSc1nnc(CNC(=O)NCc2ccccc2)n1C. The molecule has 0 unspecified atom stereocenters. The number of aromatic nitrogens is 3. The fourth-order valence-electron chi connectivity index (χ4n) is 1.68. The van der Waals surface area contributed by atoms with Crippen LogP contribution in [0.5, 0.6) is 0 Å². The van der Waals surface area contributed by atoms with Gasteiger partial charge in [0, 0.05) is 13.6 Å². The number of thioether (sulfide) groups is 1. The molecule has 1 aromatic carbocycles. The van der Waals surface area contributed by atoms with Crippen molar-refractivity contribution in [1.82, 2.24) is 25.4 Å². The number of nitrogens with zero attached hydrogens (tertiary/aromatic N) is 3. The highest BCUT2D eigenvalue weighted by molar-refractivity contribution is 7.98. The van der Waals surface area contributed by atoms with Crippen LogP contribution in [0.2, 0.25) is 0 Å². The van der Waals surface area contributed by atoms with E-state index in [0.717, 1.165) is 16.5 Å². The maximum atomic E-state index is 11.7. The van der Waals surface area contributed by atoms with Gasteiger partial charge in [0.25, 0.3) is 0 Å². The molecule has 0 fully saturated rings. The Kier molecular flexibility index (Phi) is 5.00. The normalized spacial score (nSPS) is 10.3. The van der Waals surface area contributed by atoms with E-state index in [0.29, 0.717) is 13.1 Å². The minimum Gasteiger partial charge on any atom is -0.334 e. The molecule has 2 aromatic rings. The van der Waals surface area contributed by atoms with Gasteiger partial charge in [0.2, 0.25) is 0 Å². The number of urea groups is 1. The van der Waals surface area contributed by atoms with Crippen molar-refractivity contribution in [1.29, 1.82) is 0 Å². The topological polar surface area (TPSA) is 71.8 Å². The summed E-state index contributed by atoms with van der Waals surface area (Å²) < 4.78 is 1.86. The molecule has 0 aliphatic heterocycles. The van der Waals surface area contributed by atoms with E-state index in [1.807, 2.05) is 48.2 Å². The van der Waals surface area contributed by atoms with Crippen LogP contribution >= 0.6 is 11.8 Å². The number of carbonyl (C=O) groups is 1. The van der Waals surface area contributed by atoms with E-state index < -0.39 is 0 Å². The molecule has 0 aliphatic carbocycles. The van der Waals surface area contributed by atoms with Crippen LogP contribution in [0, 0.1) is 0 Å². The number of nitrogens with one attached hydrogen (secondary N) is 2. The molecule has 1 aromatic heterocycles. The zero-order chi connectivity index (χ0) is 14.4. The van der Waals surface area contributed by atoms with Gasteiger partial charge < -0.3 is 15.2 Å². The standard InChI is InChI=1S/C13H17N5OS/c1-18-11(16-17-13(18)20-2)9-15-12(19)14-8-10-6-4-3-5-7-10/h3-7H,8-9H2,1-2H3,(H2,14,15,19). The van der Waals surface area contributed by atoms with Crippen molar-refractivity contribution in [2.45, 2.75) is 18.2 Å². The van der Waals surface area contributed by atoms with Gasteiger partial charge in [0.1, 0.15) is 0 Å². The molecule has 2 amide bonds. The quantitative estimate of drug-likeness (QED) is 0.820. The largest absolute Gasteiger partial charge is 0.334 e. The van der Waals surface area contributed by atoms with Crippen molar-refractivity contribution in [3.05, 3.63) is 41.7 Å². The molecule has 0 radical (unpaired) electrons. The van der Waals surface area contributed by atoms with Gasteiger partial charge in [-0.1, -0.05) is 42.1 Å². The van der Waals surface area contributed by atoms with Crippen molar-refractivity contribution in [2.75, 3.05) is 6.26 Å². The number of hydrogen-bond acceptors (Lipinski definition) is 4.